The van der Waals surface area contributed by atoms with Gasteiger partial charge in [0.15, 0.2) is 5.75 Å². The Hall–Kier alpha value is -2.44. The SMILES string of the molecule is COc1cc(-c2nnco2)ccc1[N+](=O)[O-]. The molecule has 0 bridgehead atoms. The number of nitro groups is 1. The van der Waals surface area contributed by atoms with E-state index >= 15 is 0 Å². The number of rotatable bonds is 3. The largest absolute Gasteiger partial charge is 0.490 e. The quantitative estimate of drug-likeness (QED) is 0.578. The summed E-state index contributed by atoms with van der Waals surface area (Å²) in [6, 6.07) is 4.33. The van der Waals surface area contributed by atoms with E-state index in [-0.39, 0.29) is 17.3 Å². The molecule has 0 aliphatic carbocycles. The Balaban J connectivity index is 2.49. The van der Waals surface area contributed by atoms with Crippen LogP contribution in [0.25, 0.3) is 11.5 Å². The highest BCUT2D eigenvalue weighted by Crippen LogP contribution is 2.31. The lowest BCUT2D eigenvalue weighted by molar-refractivity contribution is -0.385. The van der Waals surface area contributed by atoms with Crippen LogP contribution in [0.1, 0.15) is 0 Å². The van der Waals surface area contributed by atoms with Gasteiger partial charge in [-0.2, -0.15) is 0 Å². The van der Waals surface area contributed by atoms with Gasteiger partial charge in [-0.25, -0.2) is 0 Å². The molecule has 2 aromatic rings. The molecule has 1 aromatic carbocycles. The van der Waals surface area contributed by atoms with Crippen LogP contribution in [-0.4, -0.2) is 22.2 Å². The maximum absolute atomic E-state index is 10.7. The van der Waals surface area contributed by atoms with E-state index in [1.807, 2.05) is 0 Å². The average Bonchev–Trinajstić information content (AvgIpc) is 2.81. The van der Waals surface area contributed by atoms with Gasteiger partial charge in [0.1, 0.15) is 0 Å². The zero-order valence-corrected chi connectivity index (χ0v) is 8.28. The van der Waals surface area contributed by atoms with Crippen molar-refractivity contribution in [1.82, 2.24) is 10.2 Å². The second kappa shape index (κ2) is 3.97. The maximum atomic E-state index is 10.7. The molecular weight excluding hydrogens is 214 g/mol. The first-order valence-corrected chi connectivity index (χ1v) is 4.31. The normalized spacial score (nSPS) is 10.1. The molecule has 0 saturated carbocycles. The van der Waals surface area contributed by atoms with Crippen LogP contribution in [0.3, 0.4) is 0 Å². The van der Waals surface area contributed by atoms with E-state index in [2.05, 4.69) is 10.2 Å². The fourth-order valence-corrected chi connectivity index (χ4v) is 1.26. The fourth-order valence-electron chi connectivity index (χ4n) is 1.26. The van der Waals surface area contributed by atoms with Crippen molar-refractivity contribution in [3.63, 3.8) is 0 Å². The van der Waals surface area contributed by atoms with Gasteiger partial charge in [0.2, 0.25) is 12.3 Å². The van der Waals surface area contributed by atoms with E-state index in [0.717, 1.165) is 0 Å². The highest BCUT2D eigenvalue weighted by atomic mass is 16.6. The van der Waals surface area contributed by atoms with Crippen molar-refractivity contribution in [2.75, 3.05) is 7.11 Å². The Kier molecular flexibility index (Phi) is 2.50. The second-order valence-electron chi connectivity index (χ2n) is 2.89. The van der Waals surface area contributed by atoms with Crippen LogP contribution in [0.15, 0.2) is 29.0 Å². The van der Waals surface area contributed by atoms with Crippen LogP contribution < -0.4 is 4.74 Å². The molecule has 0 amide bonds. The van der Waals surface area contributed by atoms with E-state index in [1.165, 1.54) is 31.7 Å². The first kappa shape index (κ1) is 10.1. The van der Waals surface area contributed by atoms with Crippen LogP contribution in [0.4, 0.5) is 5.69 Å². The summed E-state index contributed by atoms with van der Waals surface area (Å²) in [4.78, 5) is 10.1. The molecule has 0 atom stereocenters. The lowest BCUT2D eigenvalue weighted by Crippen LogP contribution is -1.94. The zero-order chi connectivity index (χ0) is 11.5. The number of nitro benzene ring substituents is 1. The first-order valence-electron chi connectivity index (χ1n) is 4.31. The summed E-state index contributed by atoms with van der Waals surface area (Å²) in [6.45, 7) is 0. The van der Waals surface area contributed by atoms with Crippen molar-refractivity contribution in [3.05, 3.63) is 34.7 Å². The van der Waals surface area contributed by atoms with Crippen molar-refractivity contribution in [3.8, 4) is 17.2 Å². The first-order chi connectivity index (χ1) is 7.72. The van der Waals surface area contributed by atoms with Crippen molar-refractivity contribution >= 4 is 5.69 Å². The monoisotopic (exact) mass is 221 g/mol. The van der Waals surface area contributed by atoms with Gasteiger partial charge in [-0.3, -0.25) is 10.1 Å². The fraction of sp³-hybridized carbons (Fsp3) is 0.111. The van der Waals surface area contributed by atoms with Gasteiger partial charge in [0.25, 0.3) is 0 Å². The highest BCUT2D eigenvalue weighted by molar-refractivity contribution is 5.61. The summed E-state index contributed by atoms with van der Waals surface area (Å²) in [6.07, 6.45) is 1.18. The summed E-state index contributed by atoms with van der Waals surface area (Å²) in [7, 11) is 1.36. The number of nitrogens with zero attached hydrogens (tertiary/aromatic N) is 3. The van der Waals surface area contributed by atoms with Gasteiger partial charge in [-0.05, 0) is 6.07 Å². The molecule has 2 rings (SSSR count). The molecule has 0 aliphatic heterocycles. The van der Waals surface area contributed by atoms with Crippen LogP contribution in [0.2, 0.25) is 0 Å². The number of hydrogen-bond acceptors (Lipinski definition) is 6. The third kappa shape index (κ3) is 1.70. The topological polar surface area (TPSA) is 91.3 Å². The molecule has 1 heterocycles. The maximum Gasteiger partial charge on any atom is 0.310 e. The van der Waals surface area contributed by atoms with Gasteiger partial charge < -0.3 is 9.15 Å². The molecule has 0 aliphatic rings. The molecule has 0 fully saturated rings. The van der Waals surface area contributed by atoms with Gasteiger partial charge in [0.05, 0.1) is 12.0 Å². The Labute approximate surface area is 89.8 Å². The molecule has 0 spiro atoms. The zero-order valence-electron chi connectivity index (χ0n) is 8.28. The van der Waals surface area contributed by atoms with Crippen molar-refractivity contribution in [2.24, 2.45) is 0 Å². The minimum atomic E-state index is -0.517. The van der Waals surface area contributed by atoms with Crippen molar-refractivity contribution < 1.29 is 14.1 Å². The number of benzene rings is 1. The smallest absolute Gasteiger partial charge is 0.310 e. The summed E-state index contributed by atoms with van der Waals surface area (Å²) < 4.78 is 9.89. The highest BCUT2D eigenvalue weighted by Gasteiger charge is 2.16. The summed E-state index contributed by atoms with van der Waals surface area (Å²) in [5.74, 6) is 0.439. The number of aromatic nitrogens is 2. The standard InChI is InChI=1S/C9H7N3O4/c1-15-8-4-6(9-11-10-5-16-9)2-3-7(8)12(13)14/h2-5H,1H3. The van der Waals surface area contributed by atoms with Crippen LogP contribution in [-0.2, 0) is 0 Å². The van der Waals surface area contributed by atoms with Crippen LogP contribution >= 0.6 is 0 Å². The van der Waals surface area contributed by atoms with Gasteiger partial charge in [-0.15, -0.1) is 10.2 Å². The van der Waals surface area contributed by atoms with Gasteiger partial charge >= 0.3 is 5.69 Å². The minimum absolute atomic E-state index is 0.106. The lowest BCUT2D eigenvalue weighted by Gasteiger charge is -2.02. The lowest BCUT2D eigenvalue weighted by atomic mass is 10.2. The molecule has 0 N–H and O–H groups in total. The number of hydrogen-bond donors (Lipinski definition) is 0. The van der Waals surface area contributed by atoms with E-state index < -0.39 is 4.92 Å². The third-order valence-corrected chi connectivity index (χ3v) is 1.98. The molecule has 0 unspecified atom stereocenters. The molecular formula is C9H7N3O4. The van der Waals surface area contributed by atoms with Gasteiger partial charge in [-0.1, -0.05) is 0 Å². The summed E-state index contributed by atoms with van der Waals surface area (Å²) in [5.41, 5.74) is 0.464. The molecule has 0 radical (unpaired) electrons. The van der Waals surface area contributed by atoms with Crippen LogP contribution in [0.5, 0.6) is 5.75 Å². The van der Waals surface area contributed by atoms with Crippen LogP contribution in [0, 0.1) is 10.1 Å². The Morgan fingerprint density at radius 2 is 2.31 bits per heavy atom. The molecule has 0 saturated heterocycles. The minimum Gasteiger partial charge on any atom is -0.490 e. The second-order valence-corrected chi connectivity index (χ2v) is 2.89. The summed E-state index contributed by atoms with van der Waals surface area (Å²) >= 11 is 0. The Bertz CT molecular complexity index is 509. The molecule has 16 heavy (non-hydrogen) atoms. The van der Waals surface area contributed by atoms with Crippen molar-refractivity contribution in [1.29, 1.82) is 0 Å². The molecule has 7 nitrogen and oxygen atoms in total. The molecule has 1 aromatic heterocycles. The van der Waals surface area contributed by atoms with E-state index in [9.17, 15) is 10.1 Å². The Morgan fingerprint density at radius 1 is 1.50 bits per heavy atom. The molecule has 82 valence electrons. The predicted octanol–water partition coefficient (Wildman–Crippen LogP) is 1.65. The Morgan fingerprint density at radius 3 is 2.88 bits per heavy atom. The average molecular weight is 221 g/mol. The third-order valence-electron chi connectivity index (χ3n) is 1.98. The summed E-state index contributed by atoms with van der Waals surface area (Å²) in [5, 5.41) is 17.9. The predicted molar refractivity (Wildman–Crippen MR) is 52.9 cm³/mol. The number of methoxy groups -OCH3 is 1. The molecule has 7 heteroatoms. The van der Waals surface area contributed by atoms with Gasteiger partial charge in [0, 0.05) is 17.7 Å². The number of ether oxygens (including phenoxy) is 1. The van der Waals surface area contributed by atoms with E-state index in [0.29, 0.717) is 5.56 Å². The van der Waals surface area contributed by atoms with E-state index in [4.69, 9.17) is 9.15 Å². The van der Waals surface area contributed by atoms with Crippen molar-refractivity contribution in [2.45, 2.75) is 0 Å². The van der Waals surface area contributed by atoms with E-state index in [1.54, 1.807) is 0 Å².